The highest BCUT2D eigenvalue weighted by Gasteiger charge is 2.24. The van der Waals surface area contributed by atoms with Gasteiger partial charge >= 0.3 is 0 Å². The lowest BCUT2D eigenvalue weighted by molar-refractivity contribution is 0.159. The predicted molar refractivity (Wildman–Crippen MR) is 103 cm³/mol. The summed E-state index contributed by atoms with van der Waals surface area (Å²) in [7, 11) is -1.78. The van der Waals surface area contributed by atoms with Gasteiger partial charge in [0.15, 0.2) is 0 Å². The maximum Gasteiger partial charge on any atom is 0.240 e. The predicted octanol–water partition coefficient (Wildman–Crippen LogP) is 2.60. The zero-order valence-electron chi connectivity index (χ0n) is 15.1. The number of nitrogens with one attached hydrogen (secondary N) is 1. The Bertz CT molecular complexity index is 792. The smallest absolute Gasteiger partial charge is 0.240 e. The first-order valence-corrected chi connectivity index (χ1v) is 10.4. The molecule has 3 rings (SSSR count). The van der Waals surface area contributed by atoms with Gasteiger partial charge in [-0.1, -0.05) is 42.5 Å². The number of methoxy groups -OCH3 is 1. The van der Waals surface area contributed by atoms with Crippen LogP contribution in [0.3, 0.4) is 0 Å². The van der Waals surface area contributed by atoms with E-state index >= 15 is 0 Å². The van der Waals surface area contributed by atoms with Crippen LogP contribution in [0, 0.1) is 5.92 Å². The van der Waals surface area contributed by atoms with Crippen molar-refractivity contribution < 1.29 is 13.2 Å². The standard InChI is InChI=1S/C20H26N2O3S/c1-25-14-13-22-12-11-17(16-22)15-21-26(23,24)20-9-7-19(8-10-20)18-5-3-2-4-6-18/h2-10,17,21H,11-16H2,1H3. The zero-order chi connectivity index (χ0) is 18.4. The van der Waals surface area contributed by atoms with Crippen molar-refractivity contribution in [1.29, 1.82) is 0 Å². The third-order valence-corrected chi connectivity index (χ3v) is 6.25. The van der Waals surface area contributed by atoms with Gasteiger partial charge in [0.1, 0.15) is 0 Å². The lowest BCUT2D eigenvalue weighted by Crippen LogP contribution is -2.31. The Morgan fingerprint density at radius 3 is 2.46 bits per heavy atom. The summed E-state index contributed by atoms with van der Waals surface area (Å²) in [5.74, 6) is 0.352. The Labute approximate surface area is 156 Å². The molecule has 0 aromatic heterocycles. The van der Waals surface area contributed by atoms with Crippen LogP contribution in [0.5, 0.6) is 0 Å². The molecule has 0 aliphatic carbocycles. The van der Waals surface area contributed by atoms with Crippen LogP contribution in [0.2, 0.25) is 0 Å². The molecular weight excluding hydrogens is 348 g/mol. The van der Waals surface area contributed by atoms with Crippen molar-refractivity contribution in [3.63, 3.8) is 0 Å². The average Bonchev–Trinajstić information content (AvgIpc) is 3.14. The summed E-state index contributed by atoms with van der Waals surface area (Å²) < 4.78 is 33.0. The Balaban J connectivity index is 1.57. The topological polar surface area (TPSA) is 58.6 Å². The van der Waals surface area contributed by atoms with Crippen molar-refractivity contribution in [2.45, 2.75) is 11.3 Å². The molecule has 1 fully saturated rings. The molecule has 1 saturated heterocycles. The maximum atomic E-state index is 12.5. The number of hydrogen-bond donors (Lipinski definition) is 1. The van der Waals surface area contributed by atoms with Gasteiger partial charge < -0.3 is 9.64 Å². The molecule has 1 unspecified atom stereocenters. The molecule has 1 N–H and O–H groups in total. The molecule has 0 bridgehead atoms. The van der Waals surface area contributed by atoms with Gasteiger partial charge in [0.25, 0.3) is 0 Å². The second-order valence-electron chi connectivity index (χ2n) is 6.69. The third kappa shape index (κ3) is 4.92. The van der Waals surface area contributed by atoms with Gasteiger partial charge in [-0.2, -0.15) is 0 Å². The Kier molecular flexibility index (Phi) is 6.43. The van der Waals surface area contributed by atoms with Crippen LogP contribution in [-0.2, 0) is 14.8 Å². The summed E-state index contributed by atoms with van der Waals surface area (Å²) in [6, 6.07) is 17.0. The van der Waals surface area contributed by atoms with Crippen molar-refractivity contribution in [2.24, 2.45) is 5.92 Å². The van der Waals surface area contributed by atoms with Crippen LogP contribution >= 0.6 is 0 Å². The highest BCUT2D eigenvalue weighted by Crippen LogP contribution is 2.21. The van der Waals surface area contributed by atoms with E-state index in [1.807, 2.05) is 42.5 Å². The monoisotopic (exact) mass is 374 g/mol. The fourth-order valence-corrected chi connectivity index (χ4v) is 4.39. The highest BCUT2D eigenvalue weighted by atomic mass is 32.2. The fourth-order valence-electron chi connectivity index (χ4n) is 3.27. The molecule has 0 spiro atoms. The molecule has 0 saturated carbocycles. The van der Waals surface area contributed by atoms with E-state index in [0.717, 1.165) is 37.2 Å². The van der Waals surface area contributed by atoms with Crippen LogP contribution in [-0.4, -0.2) is 53.2 Å². The van der Waals surface area contributed by atoms with E-state index in [1.54, 1.807) is 19.2 Å². The van der Waals surface area contributed by atoms with Crippen molar-refractivity contribution in [3.8, 4) is 11.1 Å². The second-order valence-corrected chi connectivity index (χ2v) is 8.46. The number of rotatable bonds is 8. The highest BCUT2D eigenvalue weighted by molar-refractivity contribution is 7.89. The van der Waals surface area contributed by atoms with Gasteiger partial charge in [0, 0.05) is 26.7 Å². The quantitative estimate of drug-likeness (QED) is 0.772. The lowest BCUT2D eigenvalue weighted by atomic mass is 10.1. The van der Waals surface area contributed by atoms with Gasteiger partial charge in [-0.3, -0.25) is 0 Å². The Morgan fingerprint density at radius 2 is 1.77 bits per heavy atom. The minimum absolute atomic E-state index is 0.311. The van der Waals surface area contributed by atoms with E-state index in [-0.39, 0.29) is 0 Å². The van der Waals surface area contributed by atoms with E-state index < -0.39 is 10.0 Å². The average molecular weight is 375 g/mol. The molecule has 0 radical (unpaired) electrons. The summed E-state index contributed by atoms with van der Waals surface area (Å²) in [6.45, 7) is 4.01. The molecule has 1 heterocycles. The zero-order valence-corrected chi connectivity index (χ0v) is 15.9. The molecule has 0 amide bonds. The minimum atomic E-state index is -3.47. The summed E-state index contributed by atoms with van der Waals surface area (Å²) in [5, 5.41) is 0. The largest absolute Gasteiger partial charge is 0.383 e. The van der Waals surface area contributed by atoms with Crippen LogP contribution < -0.4 is 4.72 Å². The van der Waals surface area contributed by atoms with E-state index in [4.69, 9.17) is 4.74 Å². The molecule has 5 nitrogen and oxygen atoms in total. The molecule has 1 aliphatic rings. The number of benzene rings is 2. The number of hydrogen-bond acceptors (Lipinski definition) is 4. The first kappa shape index (κ1) is 19.0. The van der Waals surface area contributed by atoms with Crippen LogP contribution in [0.25, 0.3) is 11.1 Å². The summed E-state index contributed by atoms with van der Waals surface area (Å²) >= 11 is 0. The van der Waals surface area contributed by atoms with Gasteiger partial charge in [-0.25, -0.2) is 13.1 Å². The molecule has 1 aliphatic heterocycles. The molecule has 2 aromatic carbocycles. The Morgan fingerprint density at radius 1 is 1.08 bits per heavy atom. The first-order chi connectivity index (χ1) is 12.6. The number of likely N-dealkylation sites (tertiary alicyclic amines) is 1. The normalized spacial score (nSPS) is 18.3. The summed E-state index contributed by atoms with van der Waals surface area (Å²) in [4.78, 5) is 2.63. The minimum Gasteiger partial charge on any atom is -0.383 e. The Hall–Kier alpha value is -1.73. The number of ether oxygens (including phenoxy) is 1. The van der Waals surface area contributed by atoms with Crippen LogP contribution in [0.15, 0.2) is 59.5 Å². The van der Waals surface area contributed by atoms with Gasteiger partial charge in [-0.15, -0.1) is 0 Å². The molecule has 140 valence electrons. The van der Waals surface area contributed by atoms with E-state index in [1.165, 1.54) is 0 Å². The SMILES string of the molecule is COCCN1CCC(CNS(=O)(=O)c2ccc(-c3ccccc3)cc2)C1. The molecule has 1 atom stereocenters. The third-order valence-electron chi connectivity index (χ3n) is 4.82. The van der Waals surface area contributed by atoms with Crippen molar-refractivity contribution in [3.05, 3.63) is 54.6 Å². The van der Waals surface area contributed by atoms with Gasteiger partial charge in [-0.05, 0) is 42.1 Å². The molecular formula is C20H26N2O3S. The van der Waals surface area contributed by atoms with Crippen molar-refractivity contribution >= 4 is 10.0 Å². The molecule has 6 heteroatoms. The van der Waals surface area contributed by atoms with Crippen molar-refractivity contribution in [1.82, 2.24) is 9.62 Å². The van der Waals surface area contributed by atoms with Gasteiger partial charge in [0.2, 0.25) is 10.0 Å². The first-order valence-electron chi connectivity index (χ1n) is 8.95. The number of nitrogens with zero attached hydrogens (tertiary/aromatic N) is 1. The summed E-state index contributed by atoms with van der Waals surface area (Å²) in [6.07, 6.45) is 1.01. The van der Waals surface area contributed by atoms with Crippen LogP contribution in [0.4, 0.5) is 0 Å². The fraction of sp³-hybridized carbons (Fsp3) is 0.400. The van der Waals surface area contributed by atoms with Crippen LogP contribution in [0.1, 0.15) is 6.42 Å². The molecule has 26 heavy (non-hydrogen) atoms. The van der Waals surface area contributed by atoms with E-state index in [0.29, 0.717) is 24.0 Å². The molecule has 2 aromatic rings. The number of sulfonamides is 1. The maximum absolute atomic E-state index is 12.5. The van der Waals surface area contributed by atoms with Crippen molar-refractivity contribution in [2.75, 3.05) is 39.9 Å². The summed E-state index contributed by atoms with van der Waals surface area (Å²) in [5.41, 5.74) is 2.08. The second kappa shape index (κ2) is 8.77. The van der Waals surface area contributed by atoms with Gasteiger partial charge in [0.05, 0.1) is 11.5 Å². The van der Waals surface area contributed by atoms with E-state index in [2.05, 4.69) is 9.62 Å². The van der Waals surface area contributed by atoms with E-state index in [9.17, 15) is 8.42 Å². The lowest BCUT2D eigenvalue weighted by Gasteiger charge is -2.15.